The molecule has 0 bridgehead atoms. The van der Waals surface area contributed by atoms with Gasteiger partial charge in [0.2, 0.25) is 0 Å². The summed E-state index contributed by atoms with van der Waals surface area (Å²) in [6.45, 7) is 7.75. The third-order valence-corrected chi connectivity index (χ3v) is 6.42. The van der Waals surface area contributed by atoms with E-state index in [9.17, 15) is 9.59 Å². The minimum atomic E-state index is -1.54. The number of anilines is 1. The Kier molecular flexibility index (Phi) is 5.80. The highest BCUT2D eigenvalue weighted by Crippen LogP contribution is 2.39. The van der Waals surface area contributed by atoms with Gasteiger partial charge in [-0.05, 0) is 33.8 Å². The molecule has 0 unspecified atom stereocenters. The molecule has 2 aliphatic heterocycles. The summed E-state index contributed by atoms with van der Waals surface area (Å²) in [5.74, 6) is 0.374. The maximum absolute atomic E-state index is 16.0. The number of hydrogen-bond donors (Lipinski definition) is 1. The zero-order chi connectivity index (χ0) is 25.7. The molecule has 1 aromatic carbocycles. The second kappa shape index (κ2) is 8.72. The van der Waals surface area contributed by atoms with Crippen LogP contribution in [0.1, 0.15) is 52.2 Å². The average Bonchev–Trinajstić information content (AvgIpc) is 3.15. The molecule has 2 aromatic heterocycles. The minimum Gasteiger partial charge on any atom is -0.444 e. The van der Waals surface area contributed by atoms with Gasteiger partial charge < -0.3 is 14.4 Å². The van der Waals surface area contributed by atoms with Crippen molar-refractivity contribution in [3.05, 3.63) is 36.2 Å². The van der Waals surface area contributed by atoms with Gasteiger partial charge >= 0.3 is 12.2 Å². The Bertz CT molecular complexity index is 1330. The molecule has 0 spiro atoms. The molecule has 10 nitrogen and oxygen atoms in total. The molecule has 4 heterocycles. The number of hydrogen-bond acceptors (Lipinski definition) is 7. The molecule has 5 rings (SSSR count). The van der Waals surface area contributed by atoms with Crippen molar-refractivity contribution >= 4 is 28.9 Å². The first kappa shape index (κ1) is 24.0. The number of ether oxygens (including phenoxy) is 2. The van der Waals surface area contributed by atoms with E-state index in [2.05, 4.69) is 15.3 Å². The highest BCUT2D eigenvalue weighted by molar-refractivity contribution is 5.95. The average molecular weight is 497 g/mol. The van der Waals surface area contributed by atoms with Crippen molar-refractivity contribution in [2.24, 2.45) is 0 Å². The van der Waals surface area contributed by atoms with Crippen LogP contribution in [0.2, 0.25) is 0 Å². The van der Waals surface area contributed by atoms with Gasteiger partial charge in [0.25, 0.3) is 0 Å². The molecule has 1 fully saturated rings. The number of nitrogens with one attached hydrogen (secondary N) is 1. The lowest BCUT2D eigenvalue weighted by Crippen LogP contribution is -2.47. The molecule has 2 aliphatic rings. The van der Waals surface area contributed by atoms with E-state index in [-0.39, 0.29) is 32.5 Å². The third kappa shape index (κ3) is 4.57. The van der Waals surface area contributed by atoms with Gasteiger partial charge in [-0.3, -0.25) is 10.00 Å². The molecule has 1 N–H and O–H groups in total. The summed E-state index contributed by atoms with van der Waals surface area (Å²) in [4.78, 5) is 34.4. The van der Waals surface area contributed by atoms with Crippen LogP contribution in [0.5, 0.6) is 0 Å². The Morgan fingerprint density at radius 2 is 1.94 bits per heavy atom. The Morgan fingerprint density at radius 1 is 1.22 bits per heavy atom. The number of alkyl halides is 1. The SMILES string of the molecule is C[C@@H]1OC(=O)Nc2ncnc(-c3nn(CC4(F)CCN(C(=O)OC(C)(C)C)CC4)c4ccccc34)c21. The van der Waals surface area contributed by atoms with E-state index in [1.165, 1.54) is 6.33 Å². The summed E-state index contributed by atoms with van der Waals surface area (Å²) in [5, 5.41) is 8.18. The standard InChI is InChI=1S/C25H29FN6O4/c1-15-18-20(27-14-28-21(18)29-22(33)35-15)19-16-7-5-6-8-17(16)32(30-19)13-25(26)9-11-31(12-10-25)23(34)36-24(2,3)4/h5-8,14-15H,9-13H2,1-4H3,(H,27,28,29,33)/t15-/m0/s1. The van der Waals surface area contributed by atoms with Crippen LogP contribution in [0, 0.1) is 0 Å². The molecule has 2 amide bonds. The molecule has 11 heteroatoms. The molecule has 3 aromatic rings. The van der Waals surface area contributed by atoms with Gasteiger partial charge in [0.15, 0.2) is 0 Å². The van der Waals surface area contributed by atoms with Crippen LogP contribution >= 0.6 is 0 Å². The molecular weight excluding hydrogens is 467 g/mol. The second-order valence-corrected chi connectivity index (χ2v) is 10.3. The normalized spacial score (nSPS) is 19.4. The Labute approximate surface area is 207 Å². The van der Waals surface area contributed by atoms with Gasteiger partial charge in [0, 0.05) is 31.3 Å². The van der Waals surface area contributed by atoms with Gasteiger partial charge in [-0.2, -0.15) is 5.10 Å². The highest BCUT2D eigenvalue weighted by atomic mass is 19.1. The Hall–Kier alpha value is -3.76. The van der Waals surface area contributed by atoms with Crippen molar-refractivity contribution in [2.75, 3.05) is 18.4 Å². The van der Waals surface area contributed by atoms with Crippen molar-refractivity contribution in [3.63, 3.8) is 0 Å². The number of nitrogens with zero attached hydrogens (tertiary/aromatic N) is 5. The largest absolute Gasteiger partial charge is 0.444 e. The molecule has 0 saturated carbocycles. The number of fused-ring (bicyclic) bond motifs is 2. The van der Waals surface area contributed by atoms with Crippen LogP contribution in [-0.4, -0.2) is 61.2 Å². The number of para-hydroxylation sites is 1. The minimum absolute atomic E-state index is 0.0335. The smallest absolute Gasteiger partial charge is 0.413 e. The predicted octanol–water partition coefficient (Wildman–Crippen LogP) is 4.86. The van der Waals surface area contributed by atoms with Crippen molar-refractivity contribution < 1.29 is 23.5 Å². The van der Waals surface area contributed by atoms with E-state index < -0.39 is 29.6 Å². The number of carbonyl (C=O) groups is 2. The first-order valence-electron chi connectivity index (χ1n) is 12.0. The first-order chi connectivity index (χ1) is 17.0. The summed E-state index contributed by atoms with van der Waals surface area (Å²) in [5.41, 5.74) is 0.325. The lowest BCUT2D eigenvalue weighted by Gasteiger charge is -2.37. The fourth-order valence-corrected chi connectivity index (χ4v) is 4.68. The third-order valence-electron chi connectivity index (χ3n) is 6.42. The molecular formula is C25H29FN6O4. The van der Waals surface area contributed by atoms with Crippen LogP contribution in [-0.2, 0) is 16.0 Å². The summed E-state index contributed by atoms with van der Waals surface area (Å²) in [6.07, 6.45) is 0.146. The number of carbonyl (C=O) groups excluding carboxylic acids is 2. The van der Waals surface area contributed by atoms with E-state index in [4.69, 9.17) is 14.6 Å². The van der Waals surface area contributed by atoms with E-state index >= 15 is 4.39 Å². The van der Waals surface area contributed by atoms with E-state index in [1.807, 2.05) is 45.0 Å². The fourth-order valence-electron chi connectivity index (χ4n) is 4.68. The van der Waals surface area contributed by atoms with Crippen LogP contribution in [0.3, 0.4) is 0 Å². The monoisotopic (exact) mass is 496 g/mol. The fraction of sp³-hybridized carbons (Fsp3) is 0.480. The zero-order valence-corrected chi connectivity index (χ0v) is 20.7. The lowest BCUT2D eigenvalue weighted by molar-refractivity contribution is -0.00104. The van der Waals surface area contributed by atoms with Gasteiger partial charge in [0.1, 0.15) is 40.9 Å². The number of aromatic nitrogens is 4. The predicted molar refractivity (Wildman–Crippen MR) is 130 cm³/mol. The number of likely N-dealkylation sites (tertiary alicyclic amines) is 1. The second-order valence-electron chi connectivity index (χ2n) is 10.3. The summed E-state index contributed by atoms with van der Waals surface area (Å²) in [7, 11) is 0. The Morgan fingerprint density at radius 3 is 2.67 bits per heavy atom. The number of benzene rings is 1. The van der Waals surface area contributed by atoms with Crippen molar-refractivity contribution in [2.45, 2.75) is 64.5 Å². The van der Waals surface area contributed by atoms with E-state index in [0.717, 1.165) is 10.9 Å². The topological polar surface area (TPSA) is 111 Å². The quantitative estimate of drug-likeness (QED) is 0.551. The van der Waals surface area contributed by atoms with Gasteiger partial charge in [0.05, 0.1) is 17.6 Å². The lowest BCUT2D eigenvalue weighted by atomic mass is 9.93. The summed E-state index contributed by atoms with van der Waals surface area (Å²) < 4.78 is 28.4. The summed E-state index contributed by atoms with van der Waals surface area (Å²) in [6, 6.07) is 7.56. The molecule has 0 radical (unpaired) electrons. The number of halogens is 1. The molecule has 36 heavy (non-hydrogen) atoms. The Balaban J connectivity index is 1.43. The molecule has 0 aliphatic carbocycles. The van der Waals surface area contributed by atoms with Crippen LogP contribution in [0.4, 0.5) is 19.8 Å². The van der Waals surface area contributed by atoms with Gasteiger partial charge in [-0.15, -0.1) is 0 Å². The van der Waals surface area contributed by atoms with Crippen LogP contribution < -0.4 is 5.32 Å². The van der Waals surface area contributed by atoms with Crippen molar-refractivity contribution in [3.8, 4) is 11.4 Å². The first-order valence-corrected chi connectivity index (χ1v) is 12.0. The van der Waals surface area contributed by atoms with Crippen molar-refractivity contribution in [1.29, 1.82) is 0 Å². The van der Waals surface area contributed by atoms with Crippen LogP contribution in [0.25, 0.3) is 22.3 Å². The van der Waals surface area contributed by atoms with E-state index in [0.29, 0.717) is 22.8 Å². The van der Waals surface area contributed by atoms with Gasteiger partial charge in [-0.25, -0.2) is 23.9 Å². The van der Waals surface area contributed by atoms with E-state index in [1.54, 1.807) is 16.5 Å². The molecule has 1 atom stereocenters. The van der Waals surface area contributed by atoms with Crippen LogP contribution in [0.15, 0.2) is 30.6 Å². The molecule has 1 saturated heterocycles. The maximum Gasteiger partial charge on any atom is 0.413 e. The van der Waals surface area contributed by atoms with Gasteiger partial charge in [-0.1, -0.05) is 18.2 Å². The number of piperidine rings is 1. The van der Waals surface area contributed by atoms with Crippen molar-refractivity contribution in [1.82, 2.24) is 24.6 Å². The maximum atomic E-state index is 16.0. The summed E-state index contributed by atoms with van der Waals surface area (Å²) >= 11 is 0. The zero-order valence-electron chi connectivity index (χ0n) is 20.7. The highest BCUT2D eigenvalue weighted by Gasteiger charge is 2.39. The molecule has 190 valence electrons. The number of amides is 2. The number of rotatable bonds is 3. The number of cyclic esters (lactones) is 1.